The number of aryl methyl sites for hydroxylation is 1. The lowest BCUT2D eigenvalue weighted by atomic mass is 9.89. The molecule has 2 unspecified atom stereocenters. The molecule has 0 radical (unpaired) electrons. The maximum atomic E-state index is 13.6. The second-order valence-corrected chi connectivity index (χ2v) is 11.4. The van der Waals surface area contributed by atoms with E-state index in [0.717, 1.165) is 56.3 Å². The standard InChI is InChI=1S/C35H41N3O3/c1-26-12-14-29(15-13-26)25-38-31-10-6-7-11-32(31)41-33(35(38)40)24-28-16-18-30(19-17-28)34(39)36-21-23-37(2)22-20-27-8-4-3-5-9-27/h3-5,8-9,12-19,24,31-32H,6-7,10-11,20-23,25H2,1-2H3,(H,36,39)/b33-24+. The van der Waals surface area contributed by atoms with Gasteiger partial charge in [0.15, 0.2) is 5.76 Å². The second-order valence-electron chi connectivity index (χ2n) is 11.4. The summed E-state index contributed by atoms with van der Waals surface area (Å²) in [4.78, 5) is 30.5. The fourth-order valence-electron chi connectivity index (χ4n) is 5.67. The van der Waals surface area contributed by atoms with Gasteiger partial charge in [0.2, 0.25) is 0 Å². The molecule has 1 N–H and O–H groups in total. The molecule has 41 heavy (non-hydrogen) atoms. The third-order valence-corrected chi connectivity index (χ3v) is 8.17. The van der Waals surface area contributed by atoms with E-state index in [0.29, 0.717) is 24.4 Å². The summed E-state index contributed by atoms with van der Waals surface area (Å²) in [5.74, 6) is 0.225. The van der Waals surface area contributed by atoms with E-state index >= 15 is 0 Å². The quantitative estimate of drug-likeness (QED) is 0.333. The highest BCUT2D eigenvalue weighted by Gasteiger charge is 2.41. The van der Waals surface area contributed by atoms with Crippen LogP contribution < -0.4 is 5.32 Å². The highest BCUT2D eigenvalue weighted by Crippen LogP contribution is 2.34. The first-order valence-corrected chi connectivity index (χ1v) is 14.8. The molecule has 2 aliphatic rings. The number of nitrogens with zero attached hydrogens (tertiary/aromatic N) is 2. The Balaban J connectivity index is 1.17. The lowest BCUT2D eigenvalue weighted by Gasteiger charge is -2.44. The SMILES string of the molecule is Cc1ccc(CN2C(=O)/C(=C\c3ccc(C(=O)NCCN(C)CCc4ccccc4)cc3)OC3CCCCC32)cc1. The van der Waals surface area contributed by atoms with E-state index in [4.69, 9.17) is 4.74 Å². The van der Waals surface area contributed by atoms with Crippen LogP contribution in [0, 0.1) is 6.92 Å². The van der Waals surface area contributed by atoms with Crippen molar-refractivity contribution in [3.63, 3.8) is 0 Å². The van der Waals surface area contributed by atoms with Crippen LogP contribution in [0.1, 0.15) is 58.3 Å². The number of amides is 2. The van der Waals surface area contributed by atoms with Crippen molar-refractivity contribution in [1.29, 1.82) is 0 Å². The minimum Gasteiger partial charge on any atom is -0.482 e. The van der Waals surface area contributed by atoms with Gasteiger partial charge in [-0.3, -0.25) is 9.59 Å². The van der Waals surface area contributed by atoms with Crippen molar-refractivity contribution in [3.8, 4) is 0 Å². The van der Waals surface area contributed by atoms with Gasteiger partial charge in [0.25, 0.3) is 11.8 Å². The predicted octanol–water partition coefficient (Wildman–Crippen LogP) is 5.61. The molecule has 0 aromatic heterocycles. The molecule has 6 heteroatoms. The Bertz CT molecular complexity index is 1340. The maximum absolute atomic E-state index is 13.6. The van der Waals surface area contributed by atoms with Gasteiger partial charge >= 0.3 is 0 Å². The molecule has 2 amide bonds. The normalized spacial score (nSPS) is 19.6. The van der Waals surface area contributed by atoms with Gasteiger partial charge in [-0.15, -0.1) is 0 Å². The van der Waals surface area contributed by atoms with Gasteiger partial charge < -0.3 is 19.9 Å². The fraction of sp³-hybridized carbons (Fsp3) is 0.371. The molecule has 1 aliphatic heterocycles. The number of morpholine rings is 1. The summed E-state index contributed by atoms with van der Waals surface area (Å²) >= 11 is 0. The Labute approximate surface area is 244 Å². The summed E-state index contributed by atoms with van der Waals surface area (Å²) in [6.45, 7) is 4.96. The molecule has 1 saturated carbocycles. The molecule has 2 fully saturated rings. The van der Waals surface area contributed by atoms with Crippen molar-refractivity contribution in [3.05, 3.63) is 112 Å². The van der Waals surface area contributed by atoms with Crippen molar-refractivity contribution >= 4 is 17.9 Å². The molecule has 2 atom stereocenters. The number of carbonyl (C=O) groups is 2. The van der Waals surface area contributed by atoms with E-state index in [1.165, 1.54) is 11.1 Å². The first kappa shape index (κ1) is 28.6. The number of carbonyl (C=O) groups excluding carboxylic acids is 2. The van der Waals surface area contributed by atoms with Crippen LogP contribution >= 0.6 is 0 Å². The van der Waals surface area contributed by atoms with Crippen molar-refractivity contribution < 1.29 is 14.3 Å². The summed E-state index contributed by atoms with van der Waals surface area (Å²) in [6, 6.07) is 26.3. The van der Waals surface area contributed by atoms with Crippen LogP contribution in [0.4, 0.5) is 0 Å². The first-order valence-electron chi connectivity index (χ1n) is 14.8. The molecular formula is C35H41N3O3. The van der Waals surface area contributed by atoms with Crippen LogP contribution in [0.5, 0.6) is 0 Å². The molecule has 1 aliphatic carbocycles. The highest BCUT2D eigenvalue weighted by atomic mass is 16.5. The minimum atomic E-state index is -0.0972. The number of benzene rings is 3. The van der Waals surface area contributed by atoms with Gasteiger partial charge in [-0.1, -0.05) is 78.7 Å². The number of likely N-dealkylation sites (N-methyl/N-ethyl adjacent to an activating group) is 1. The molecule has 5 rings (SSSR count). The zero-order valence-corrected chi connectivity index (χ0v) is 24.2. The number of ether oxygens (including phenoxy) is 1. The number of fused-ring (bicyclic) bond motifs is 1. The van der Waals surface area contributed by atoms with E-state index in [-0.39, 0.29) is 24.0 Å². The van der Waals surface area contributed by atoms with Crippen LogP contribution in [0.2, 0.25) is 0 Å². The molecule has 6 nitrogen and oxygen atoms in total. The fourth-order valence-corrected chi connectivity index (χ4v) is 5.67. The van der Waals surface area contributed by atoms with Gasteiger partial charge in [-0.05, 0) is 74.6 Å². The van der Waals surface area contributed by atoms with E-state index in [1.54, 1.807) is 0 Å². The molecule has 0 spiro atoms. The van der Waals surface area contributed by atoms with Gasteiger partial charge in [-0.25, -0.2) is 0 Å². The first-order chi connectivity index (χ1) is 20.0. The highest BCUT2D eigenvalue weighted by molar-refractivity contribution is 5.97. The molecule has 1 heterocycles. The smallest absolute Gasteiger partial charge is 0.289 e. The summed E-state index contributed by atoms with van der Waals surface area (Å²) in [7, 11) is 2.07. The van der Waals surface area contributed by atoms with Crippen molar-refractivity contribution in [2.75, 3.05) is 26.7 Å². The van der Waals surface area contributed by atoms with E-state index in [1.807, 2.05) is 41.3 Å². The Kier molecular flexibility index (Phi) is 9.52. The van der Waals surface area contributed by atoms with Gasteiger partial charge in [-0.2, -0.15) is 0 Å². The zero-order chi connectivity index (χ0) is 28.6. The third-order valence-electron chi connectivity index (χ3n) is 8.17. The average Bonchev–Trinajstić information content (AvgIpc) is 3.00. The van der Waals surface area contributed by atoms with Crippen LogP contribution in [0.3, 0.4) is 0 Å². The lowest BCUT2D eigenvalue weighted by molar-refractivity contribution is -0.149. The number of hydrogen-bond acceptors (Lipinski definition) is 4. The summed E-state index contributed by atoms with van der Waals surface area (Å²) in [5, 5.41) is 3.02. The summed E-state index contributed by atoms with van der Waals surface area (Å²) in [6.07, 6.45) is 7.00. The Hall–Kier alpha value is -3.90. The molecule has 0 bridgehead atoms. The number of rotatable bonds is 10. The maximum Gasteiger partial charge on any atom is 0.289 e. The largest absolute Gasteiger partial charge is 0.482 e. The monoisotopic (exact) mass is 551 g/mol. The number of nitrogens with one attached hydrogen (secondary N) is 1. The van der Waals surface area contributed by atoms with E-state index in [9.17, 15) is 9.59 Å². The molecule has 3 aromatic rings. The van der Waals surface area contributed by atoms with E-state index < -0.39 is 0 Å². The molecule has 214 valence electrons. The molecular weight excluding hydrogens is 510 g/mol. The second kappa shape index (κ2) is 13.6. The third kappa shape index (κ3) is 7.65. The van der Waals surface area contributed by atoms with Gasteiger partial charge in [0, 0.05) is 31.7 Å². The van der Waals surface area contributed by atoms with Crippen molar-refractivity contribution in [2.45, 2.75) is 57.7 Å². The van der Waals surface area contributed by atoms with Crippen LogP contribution in [-0.2, 0) is 22.5 Å². The Morgan fingerprint density at radius 2 is 1.68 bits per heavy atom. The van der Waals surface area contributed by atoms with Gasteiger partial charge in [0.1, 0.15) is 6.10 Å². The molecule has 3 aromatic carbocycles. The van der Waals surface area contributed by atoms with E-state index in [2.05, 4.69) is 72.7 Å². The summed E-state index contributed by atoms with van der Waals surface area (Å²) < 4.78 is 6.28. The predicted molar refractivity (Wildman–Crippen MR) is 163 cm³/mol. The van der Waals surface area contributed by atoms with Crippen molar-refractivity contribution in [2.24, 2.45) is 0 Å². The Morgan fingerprint density at radius 1 is 0.951 bits per heavy atom. The van der Waals surface area contributed by atoms with Crippen LogP contribution in [-0.4, -0.2) is 60.4 Å². The number of hydrogen-bond donors (Lipinski definition) is 1. The van der Waals surface area contributed by atoms with Crippen LogP contribution in [0.15, 0.2) is 84.6 Å². The van der Waals surface area contributed by atoms with Crippen molar-refractivity contribution in [1.82, 2.24) is 15.1 Å². The minimum absolute atomic E-state index is 0.0222. The lowest BCUT2D eigenvalue weighted by Crippen LogP contribution is -2.54. The van der Waals surface area contributed by atoms with Crippen LogP contribution in [0.25, 0.3) is 6.08 Å². The summed E-state index contributed by atoms with van der Waals surface area (Å²) in [5.41, 5.74) is 5.10. The van der Waals surface area contributed by atoms with Gasteiger partial charge in [0.05, 0.1) is 6.04 Å². The Morgan fingerprint density at radius 3 is 2.44 bits per heavy atom. The molecule has 1 saturated heterocycles. The average molecular weight is 552 g/mol. The topological polar surface area (TPSA) is 61.9 Å². The zero-order valence-electron chi connectivity index (χ0n) is 24.2.